The Hall–Kier alpha value is -3.02. The predicted octanol–water partition coefficient (Wildman–Crippen LogP) is 4.02. The molecule has 2 aromatic rings. The summed E-state index contributed by atoms with van der Waals surface area (Å²) in [6.07, 6.45) is 0. The average Bonchev–Trinajstić information content (AvgIpc) is 2.70. The molecule has 0 unspecified atom stereocenters. The molecule has 2 amide bonds. The summed E-state index contributed by atoms with van der Waals surface area (Å²) in [7, 11) is 3.10. The van der Waals surface area contributed by atoms with E-state index in [-0.39, 0.29) is 11.8 Å². The smallest absolute Gasteiger partial charge is 0.273 e. The Kier molecular flexibility index (Phi) is 6.67. The average molecular weight is 384 g/mol. The summed E-state index contributed by atoms with van der Waals surface area (Å²) >= 11 is 0. The molecule has 0 heterocycles. The number of carbonyl (C=O) groups excluding carboxylic acids is 2. The van der Waals surface area contributed by atoms with E-state index >= 15 is 0 Å². The summed E-state index contributed by atoms with van der Waals surface area (Å²) in [5, 5.41) is 2.97. The first-order valence-electron chi connectivity index (χ1n) is 9.17. The maximum absolute atomic E-state index is 13.4. The summed E-state index contributed by atoms with van der Waals surface area (Å²) in [5.41, 5.74) is 0.282. The number of ether oxygens (including phenoxy) is 2. The molecule has 2 rings (SSSR count). The van der Waals surface area contributed by atoms with Crippen LogP contribution in [0.15, 0.2) is 48.5 Å². The largest absolute Gasteiger partial charge is 0.497 e. The highest BCUT2D eigenvalue weighted by atomic mass is 16.5. The molecule has 6 nitrogen and oxygen atoms in total. The van der Waals surface area contributed by atoms with Gasteiger partial charge in [0.25, 0.3) is 11.8 Å². The second kappa shape index (κ2) is 8.78. The van der Waals surface area contributed by atoms with Crippen LogP contribution in [0.3, 0.4) is 0 Å². The number of benzene rings is 2. The molecule has 0 aliphatic carbocycles. The topological polar surface area (TPSA) is 59.1 Å². The number of hydrogen-bond acceptors (Lipinski definition) is 4. The third-order valence-electron chi connectivity index (χ3n) is 4.24. The van der Waals surface area contributed by atoms with Crippen molar-refractivity contribution < 1.29 is 19.1 Å². The van der Waals surface area contributed by atoms with E-state index < -0.39 is 5.54 Å². The highest BCUT2D eigenvalue weighted by Crippen LogP contribution is 2.24. The van der Waals surface area contributed by atoms with E-state index in [9.17, 15) is 9.59 Å². The van der Waals surface area contributed by atoms with Gasteiger partial charge in [0, 0.05) is 17.7 Å². The Bertz CT molecular complexity index is 842. The Balaban J connectivity index is 2.46. The molecule has 0 radical (unpaired) electrons. The normalized spacial score (nSPS) is 10.9. The van der Waals surface area contributed by atoms with Crippen molar-refractivity contribution in [2.75, 3.05) is 20.8 Å². The first kappa shape index (κ1) is 21.3. The van der Waals surface area contributed by atoms with Gasteiger partial charge in [0.05, 0.1) is 19.8 Å². The molecule has 6 heteroatoms. The minimum absolute atomic E-state index is 0.271. The molecule has 28 heavy (non-hydrogen) atoms. The molecule has 0 atom stereocenters. The molecule has 150 valence electrons. The molecule has 0 saturated heterocycles. The van der Waals surface area contributed by atoms with Crippen molar-refractivity contribution in [3.05, 3.63) is 59.7 Å². The highest BCUT2D eigenvalue weighted by molar-refractivity contribution is 5.99. The van der Waals surface area contributed by atoms with E-state index in [1.54, 1.807) is 62.8 Å². The maximum Gasteiger partial charge on any atom is 0.273 e. The van der Waals surface area contributed by atoms with Gasteiger partial charge < -0.3 is 9.47 Å². The fraction of sp³-hybridized carbons (Fsp3) is 0.364. The Morgan fingerprint density at radius 1 is 0.857 bits per heavy atom. The van der Waals surface area contributed by atoms with Crippen molar-refractivity contribution in [3.8, 4) is 11.5 Å². The van der Waals surface area contributed by atoms with E-state index in [0.29, 0.717) is 29.2 Å². The Morgan fingerprint density at radius 3 is 1.71 bits per heavy atom. The Morgan fingerprint density at radius 2 is 1.32 bits per heavy atom. The second-order valence-electron chi connectivity index (χ2n) is 7.27. The van der Waals surface area contributed by atoms with Gasteiger partial charge in [-0.15, -0.1) is 0 Å². The lowest BCUT2D eigenvalue weighted by molar-refractivity contribution is -0.0411. The number of hydrazine groups is 1. The monoisotopic (exact) mass is 384 g/mol. The number of amides is 2. The minimum Gasteiger partial charge on any atom is -0.497 e. The van der Waals surface area contributed by atoms with Gasteiger partial charge >= 0.3 is 0 Å². The standard InChI is InChI=1S/C22H28N2O4/c1-7-23(20(25)16-10-8-12-18(14-16)27-5)24(22(2,3)4)21(26)17-11-9-13-19(15-17)28-6/h8-15H,7H2,1-6H3. The molecular weight excluding hydrogens is 356 g/mol. The van der Waals surface area contributed by atoms with E-state index in [1.807, 2.05) is 27.7 Å². The van der Waals surface area contributed by atoms with Crippen LogP contribution in [0, 0.1) is 0 Å². The molecular formula is C22H28N2O4. The first-order valence-corrected chi connectivity index (χ1v) is 9.17. The number of hydrogen-bond donors (Lipinski definition) is 0. The van der Waals surface area contributed by atoms with Crippen LogP contribution in [0.5, 0.6) is 11.5 Å². The summed E-state index contributed by atoms with van der Waals surface area (Å²) in [4.78, 5) is 26.6. The molecule has 0 bridgehead atoms. The predicted molar refractivity (Wildman–Crippen MR) is 109 cm³/mol. The lowest BCUT2D eigenvalue weighted by Gasteiger charge is -2.43. The van der Waals surface area contributed by atoms with Crippen molar-refractivity contribution in [1.82, 2.24) is 10.0 Å². The third-order valence-corrected chi connectivity index (χ3v) is 4.24. The first-order chi connectivity index (χ1) is 13.2. The van der Waals surface area contributed by atoms with Gasteiger partial charge in [-0.2, -0.15) is 0 Å². The van der Waals surface area contributed by atoms with Gasteiger partial charge in [0.1, 0.15) is 11.5 Å². The molecule has 0 aliphatic rings. The van der Waals surface area contributed by atoms with Crippen molar-refractivity contribution >= 4 is 11.8 Å². The van der Waals surface area contributed by atoms with Crippen LogP contribution in [-0.4, -0.2) is 48.1 Å². The maximum atomic E-state index is 13.4. The summed E-state index contributed by atoms with van der Waals surface area (Å²) < 4.78 is 10.5. The number of carbonyl (C=O) groups is 2. The van der Waals surface area contributed by atoms with Gasteiger partial charge in [-0.25, -0.2) is 10.0 Å². The van der Waals surface area contributed by atoms with Gasteiger partial charge in [-0.1, -0.05) is 12.1 Å². The fourth-order valence-electron chi connectivity index (χ4n) is 2.94. The van der Waals surface area contributed by atoms with Gasteiger partial charge in [-0.05, 0) is 64.1 Å². The van der Waals surface area contributed by atoms with Crippen LogP contribution in [0.2, 0.25) is 0 Å². The molecule has 0 aromatic heterocycles. The highest BCUT2D eigenvalue weighted by Gasteiger charge is 2.35. The van der Waals surface area contributed by atoms with Crippen LogP contribution in [0.1, 0.15) is 48.4 Å². The van der Waals surface area contributed by atoms with Gasteiger partial charge in [0.2, 0.25) is 0 Å². The van der Waals surface area contributed by atoms with Crippen molar-refractivity contribution in [2.24, 2.45) is 0 Å². The molecule has 2 aromatic carbocycles. The minimum atomic E-state index is -0.620. The summed E-state index contributed by atoms with van der Waals surface area (Å²) in [5.74, 6) is 0.627. The molecule has 0 N–H and O–H groups in total. The van der Waals surface area contributed by atoms with Gasteiger partial charge in [0.15, 0.2) is 0 Å². The fourth-order valence-corrected chi connectivity index (χ4v) is 2.94. The summed E-state index contributed by atoms with van der Waals surface area (Å²) in [6.45, 7) is 7.87. The van der Waals surface area contributed by atoms with Crippen molar-refractivity contribution in [1.29, 1.82) is 0 Å². The van der Waals surface area contributed by atoms with Crippen LogP contribution in [0.25, 0.3) is 0 Å². The lowest BCUT2D eigenvalue weighted by atomic mass is 10.1. The number of nitrogens with zero attached hydrogens (tertiary/aromatic N) is 2. The van der Waals surface area contributed by atoms with Crippen LogP contribution < -0.4 is 9.47 Å². The van der Waals surface area contributed by atoms with Crippen LogP contribution in [-0.2, 0) is 0 Å². The quantitative estimate of drug-likeness (QED) is 0.731. The zero-order chi connectivity index (χ0) is 20.9. The third kappa shape index (κ3) is 4.63. The summed E-state index contributed by atoms with van der Waals surface area (Å²) in [6, 6.07) is 13.8. The molecule has 0 aliphatic heterocycles. The molecule has 0 spiro atoms. The van der Waals surface area contributed by atoms with E-state index in [4.69, 9.17) is 9.47 Å². The van der Waals surface area contributed by atoms with E-state index in [1.165, 1.54) is 10.0 Å². The number of methoxy groups -OCH3 is 2. The SMILES string of the molecule is CCN(C(=O)c1cccc(OC)c1)N(C(=O)c1cccc(OC)c1)C(C)(C)C. The lowest BCUT2D eigenvalue weighted by Crippen LogP contribution is -2.58. The van der Waals surface area contributed by atoms with Crippen molar-refractivity contribution in [3.63, 3.8) is 0 Å². The Labute approximate surface area is 166 Å². The zero-order valence-electron chi connectivity index (χ0n) is 17.4. The van der Waals surface area contributed by atoms with E-state index in [0.717, 1.165) is 0 Å². The van der Waals surface area contributed by atoms with Crippen LogP contribution >= 0.6 is 0 Å². The van der Waals surface area contributed by atoms with Crippen LogP contribution in [0.4, 0.5) is 0 Å². The second-order valence-corrected chi connectivity index (χ2v) is 7.27. The molecule has 0 saturated carbocycles. The van der Waals surface area contributed by atoms with Crippen molar-refractivity contribution in [2.45, 2.75) is 33.2 Å². The van der Waals surface area contributed by atoms with Gasteiger partial charge in [-0.3, -0.25) is 9.59 Å². The zero-order valence-corrected chi connectivity index (χ0v) is 17.4. The number of rotatable bonds is 5. The van der Waals surface area contributed by atoms with E-state index in [2.05, 4.69) is 0 Å². The molecule has 0 fully saturated rings.